The molecule has 1 amide bonds. The minimum atomic E-state index is -4.04. The fourth-order valence-corrected chi connectivity index (χ4v) is 6.11. The van der Waals surface area contributed by atoms with E-state index in [1.54, 1.807) is 24.3 Å². The first-order valence-electron chi connectivity index (χ1n) is 11.0. The maximum Gasteiger partial charge on any atom is 0.245 e. The minimum absolute atomic E-state index is 0.00434. The molecule has 3 heterocycles. The fraction of sp³-hybridized carbons (Fsp3) is 0.364. The van der Waals surface area contributed by atoms with Gasteiger partial charge in [0.25, 0.3) is 0 Å². The molecule has 2 aliphatic rings. The van der Waals surface area contributed by atoms with Crippen LogP contribution < -0.4 is 10.6 Å². The molecule has 0 radical (unpaired) electrons. The third-order valence-electron chi connectivity index (χ3n) is 6.27. The number of carbonyl (C=O) groups is 1. The number of anilines is 1. The van der Waals surface area contributed by atoms with Crippen LogP contribution >= 0.6 is 11.6 Å². The van der Waals surface area contributed by atoms with Crippen molar-refractivity contribution in [1.29, 1.82) is 0 Å². The van der Waals surface area contributed by atoms with Gasteiger partial charge in [-0.25, -0.2) is 12.8 Å². The lowest BCUT2D eigenvalue weighted by molar-refractivity contribution is -0.119. The van der Waals surface area contributed by atoms with E-state index in [4.69, 9.17) is 17.3 Å². The lowest BCUT2D eigenvalue weighted by Crippen LogP contribution is -2.45. The van der Waals surface area contributed by atoms with E-state index in [1.807, 2.05) is 7.05 Å². The second kappa shape index (κ2) is 8.94. The van der Waals surface area contributed by atoms with Gasteiger partial charge in [-0.2, -0.15) is 4.80 Å². The number of carbonyl (C=O) groups excluding carboxylic acids is 1. The summed E-state index contributed by atoms with van der Waals surface area (Å²) in [5.74, 6) is -2.04. The molecule has 2 N–H and O–H groups in total. The zero-order valence-electron chi connectivity index (χ0n) is 18.8. The van der Waals surface area contributed by atoms with Crippen molar-refractivity contribution in [2.75, 3.05) is 30.8 Å². The molecular formula is C22H23ClFN7O3S. The number of nitrogens with two attached hydrogens (primary N) is 1. The van der Waals surface area contributed by atoms with Crippen LogP contribution in [0.1, 0.15) is 18.0 Å². The SMILES string of the molecule is CN1CC[C@H](n2nnc(-c3cc4c(cc3F)S(=O)(=O)C[C@H](N)C(=O)N4Cc3ccc(Cl)cc3)n2)C1. The Hall–Kier alpha value is -2.93. The van der Waals surface area contributed by atoms with Crippen LogP contribution in [0.5, 0.6) is 0 Å². The van der Waals surface area contributed by atoms with Gasteiger partial charge < -0.3 is 15.5 Å². The van der Waals surface area contributed by atoms with Gasteiger partial charge in [0.2, 0.25) is 11.7 Å². The summed E-state index contributed by atoms with van der Waals surface area (Å²) in [6, 6.07) is 7.66. The Bertz CT molecular complexity index is 1400. The van der Waals surface area contributed by atoms with Gasteiger partial charge in [0, 0.05) is 18.1 Å². The third kappa shape index (κ3) is 4.54. The molecule has 2 atom stereocenters. The molecule has 0 bridgehead atoms. The smallest absolute Gasteiger partial charge is 0.245 e. The number of hydrogen-bond donors (Lipinski definition) is 1. The lowest BCUT2D eigenvalue weighted by atomic mass is 10.1. The van der Waals surface area contributed by atoms with E-state index in [-0.39, 0.29) is 34.6 Å². The number of rotatable bonds is 4. The molecule has 1 saturated heterocycles. The summed E-state index contributed by atoms with van der Waals surface area (Å²) < 4.78 is 41.3. The number of nitrogens with zero attached hydrogens (tertiary/aromatic N) is 6. The number of hydrogen-bond acceptors (Lipinski definition) is 8. The number of halogens is 2. The summed E-state index contributed by atoms with van der Waals surface area (Å²) in [4.78, 5) is 17.7. The molecule has 2 aliphatic heterocycles. The van der Waals surface area contributed by atoms with Crippen LogP contribution in [-0.4, -0.2) is 71.4 Å². The molecule has 1 aromatic heterocycles. The second-order valence-corrected chi connectivity index (χ2v) is 11.3. The number of fused-ring (bicyclic) bond motifs is 1. The second-order valence-electron chi connectivity index (χ2n) is 8.88. The predicted octanol–water partition coefficient (Wildman–Crippen LogP) is 1.66. The highest BCUT2D eigenvalue weighted by Gasteiger charge is 2.37. The number of aromatic nitrogens is 4. The summed E-state index contributed by atoms with van der Waals surface area (Å²) >= 11 is 5.97. The van der Waals surface area contributed by atoms with E-state index in [0.717, 1.165) is 25.6 Å². The van der Waals surface area contributed by atoms with E-state index < -0.39 is 33.4 Å². The van der Waals surface area contributed by atoms with E-state index in [0.29, 0.717) is 10.6 Å². The molecular weight excluding hydrogens is 497 g/mol. The van der Waals surface area contributed by atoms with Crippen LogP contribution in [0.25, 0.3) is 11.4 Å². The number of sulfone groups is 1. The van der Waals surface area contributed by atoms with E-state index in [9.17, 15) is 13.2 Å². The number of likely N-dealkylation sites (tertiary alicyclic amines) is 1. The molecule has 3 aromatic rings. The number of amides is 1. The summed E-state index contributed by atoms with van der Waals surface area (Å²) in [5, 5.41) is 13.0. The fourth-order valence-electron chi connectivity index (χ4n) is 4.41. The summed E-state index contributed by atoms with van der Waals surface area (Å²) in [6.07, 6.45) is 0.832. The van der Waals surface area contributed by atoms with Crippen molar-refractivity contribution in [1.82, 2.24) is 25.1 Å². The topological polar surface area (TPSA) is 127 Å². The summed E-state index contributed by atoms with van der Waals surface area (Å²) in [6.45, 7) is 1.64. The van der Waals surface area contributed by atoms with Crippen molar-refractivity contribution in [2.45, 2.75) is 29.9 Å². The van der Waals surface area contributed by atoms with Crippen LogP contribution in [0.15, 0.2) is 41.3 Å². The molecule has 0 aliphatic carbocycles. The summed E-state index contributed by atoms with van der Waals surface area (Å²) in [7, 11) is -2.06. The van der Waals surface area contributed by atoms with Gasteiger partial charge in [0.1, 0.15) is 5.82 Å². The molecule has 13 heteroatoms. The van der Waals surface area contributed by atoms with Crippen LogP contribution in [0.2, 0.25) is 5.02 Å². The molecule has 0 saturated carbocycles. The maximum atomic E-state index is 15.2. The predicted molar refractivity (Wildman–Crippen MR) is 127 cm³/mol. The van der Waals surface area contributed by atoms with Crippen molar-refractivity contribution in [2.24, 2.45) is 5.73 Å². The van der Waals surface area contributed by atoms with Crippen molar-refractivity contribution < 1.29 is 17.6 Å². The van der Waals surface area contributed by atoms with Crippen molar-refractivity contribution in [3.8, 4) is 11.4 Å². The molecule has 0 spiro atoms. The van der Waals surface area contributed by atoms with Gasteiger partial charge in [0.05, 0.1) is 40.5 Å². The van der Waals surface area contributed by atoms with Gasteiger partial charge in [-0.15, -0.1) is 10.2 Å². The van der Waals surface area contributed by atoms with Crippen molar-refractivity contribution in [3.63, 3.8) is 0 Å². The average molecular weight is 520 g/mol. The van der Waals surface area contributed by atoms with Crippen LogP contribution in [0, 0.1) is 5.82 Å². The van der Waals surface area contributed by atoms with Gasteiger partial charge in [0.15, 0.2) is 9.84 Å². The Morgan fingerprint density at radius 2 is 1.97 bits per heavy atom. The zero-order valence-corrected chi connectivity index (χ0v) is 20.4. The average Bonchev–Trinajstić information content (AvgIpc) is 3.45. The van der Waals surface area contributed by atoms with Gasteiger partial charge >= 0.3 is 0 Å². The first-order chi connectivity index (χ1) is 16.6. The van der Waals surface area contributed by atoms with Crippen molar-refractivity contribution in [3.05, 3.63) is 52.8 Å². The van der Waals surface area contributed by atoms with E-state index in [1.165, 1.54) is 15.8 Å². The van der Waals surface area contributed by atoms with Crippen LogP contribution in [0.4, 0.5) is 10.1 Å². The highest BCUT2D eigenvalue weighted by Crippen LogP contribution is 2.36. The van der Waals surface area contributed by atoms with E-state index >= 15 is 4.39 Å². The van der Waals surface area contributed by atoms with Gasteiger partial charge in [-0.05, 0) is 48.5 Å². The molecule has 35 heavy (non-hydrogen) atoms. The highest BCUT2D eigenvalue weighted by molar-refractivity contribution is 7.91. The quantitative estimate of drug-likeness (QED) is 0.551. The largest absolute Gasteiger partial charge is 0.319 e. The zero-order chi connectivity index (χ0) is 24.9. The standard InChI is InChI=1S/C22H23ClFN7O3S/c1-29-7-6-15(11-29)31-27-21(26-28-31)16-8-19-20(9-17(16)24)35(33,34)12-18(25)22(32)30(19)10-13-2-4-14(23)5-3-13/h2-5,8-9,15,18H,6-7,10-12,25H2,1H3/t15-,18-/m0/s1. The highest BCUT2D eigenvalue weighted by atomic mass is 35.5. The Labute approximate surface area is 206 Å². The maximum absolute atomic E-state index is 15.2. The molecule has 10 nitrogen and oxygen atoms in total. The molecule has 5 rings (SSSR count). The Kier molecular flexibility index (Phi) is 6.08. The monoisotopic (exact) mass is 519 g/mol. The molecule has 1 fully saturated rings. The minimum Gasteiger partial charge on any atom is -0.319 e. The Morgan fingerprint density at radius 1 is 1.23 bits per heavy atom. The number of tetrazole rings is 1. The number of benzene rings is 2. The third-order valence-corrected chi connectivity index (χ3v) is 8.32. The number of likely N-dealkylation sites (N-methyl/N-ethyl adjacent to an activating group) is 1. The van der Waals surface area contributed by atoms with Gasteiger partial charge in [-0.3, -0.25) is 4.79 Å². The Morgan fingerprint density at radius 3 is 2.66 bits per heavy atom. The molecule has 184 valence electrons. The van der Waals surface area contributed by atoms with Crippen LogP contribution in [-0.2, 0) is 21.2 Å². The van der Waals surface area contributed by atoms with Crippen molar-refractivity contribution >= 4 is 33.0 Å². The summed E-state index contributed by atoms with van der Waals surface area (Å²) in [5.41, 5.74) is 6.61. The molecule has 0 unspecified atom stereocenters. The van der Waals surface area contributed by atoms with Crippen LogP contribution in [0.3, 0.4) is 0 Å². The van der Waals surface area contributed by atoms with Gasteiger partial charge in [-0.1, -0.05) is 23.7 Å². The normalized spacial score (nSPS) is 22.3. The first-order valence-corrected chi connectivity index (χ1v) is 13.0. The lowest BCUT2D eigenvalue weighted by Gasteiger charge is -2.24. The first kappa shape index (κ1) is 23.8. The van der Waals surface area contributed by atoms with E-state index in [2.05, 4.69) is 20.3 Å². The Balaban J connectivity index is 1.60. The molecule has 2 aromatic carbocycles.